The molecule has 3 aromatic rings. The minimum atomic E-state index is -1.52. The highest BCUT2D eigenvalue weighted by atomic mass is 32.2. The first-order valence-electron chi connectivity index (χ1n) is 8.51. The van der Waals surface area contributed by atoms with Gasteiger partial charge in [-0.15, -0.1) is 11.8 Å². The zero-order chi connectivity index (χ0) is 20.8. The number of para-hydroxylation sites is 1. The Morgan fingerprint density at radius 1 is 1.07 bits per heavy atom. The average molecular weight is 422 g/mol. The van der Waals surface area contributed by atoms with E-state index in [0.717, 1.165) is 5.56 Å². The van der Waals surface area contributed by atoms with Gasteiger partial charge in [-0.3, -0.25) is 0 Å². The van der Waals surface area contributed by atoms with Crippen molar-refractivity contribution in [3.05, 3.63) is 71.3 Å². The normalized spacial score (nSPS) is 11.3. The number of nitrogens with two attached hydrogens (primary N) is 1. The SMILES string of the molecule is N#Cc1c(N)nc(SCc2ccccc2OC(F)P)c(C#N)c1-c1ccccc1. The summed E-state index contributed by atoms with van der Waals surface area (Å²) >= 11 is 1.28. The van der Waals surface area contributed by atoms with Gasteiger partial charge in [-0.05, 0) is 11.6 Å². The van der Waals surface area contributed by atoms with Gasteiger partial charge in [0.2, 0.25) is 6.10 Å². The van der Waals surface area contributed by atoms with Gasteiger partial charge in [0.1, 0.15) is 34.3 Å². The van der Waals surface area contributed by atoms with Crippen LogP contribution in [0.4, 0.5) is 10.2 Å². The van der Waals surface area contributed by atoms with E-state index in [9.17, 15) is 14.9 Å². The molecule has 0 aliphatic rings. The third-order valence-electron chi connectivity index (χ3n) is 4.05. The molecular weight excluding hydrogens is 406 g/mol. The molecule has 144 valence electrons. The van der Waals surface area contributed by atoms with Crippen LogP contribution in [0.25, 0.3) is 11.1 Å². The Morgan fingerprint density at radius 2 is 1.72 bits per heavy atom. The number of aromatic nitrogens is 1. The third kappa shape index (κ3) is 4.66. The number of nitriles is 2. The summed E-state index contributed by atoms with van der Waals surface area (Å²) in [5.41, 5.74) is 8.39. The van der Waals surface area contributed by atoms with E-state index < -0.39 is 6.10 Å². The number of alkyl halides is 1. The number of thioether (sulfide) groups is 1. The largest absolute Gasteiger partial charge is 0.457 e. The molecule has 1 heterocycles. The molecule has 0 radical (unpaired) electrons. The van der Waals surface area contributed by atoms with Gasteiger partial charge >= 0.3 is 0 Å². The molecule has 0 bridgehead atoms. The van der Waals surface area contributed by atoms with Crippen molar-refractivity contribution in [2.75, 3.05) is 5.73 Å². The van der Waals surface area contributed by atoms with Gasteiger partial charge in [-0.25, -0.2) is 4.98 Å². The molecule has 29 heavy (non-hydrogen) atoms. The maximum atomic E-state index is 13.3. The van der Waals surface area contributed by atoms with E-state index >= 15 is 0 Å². The van der Waals surface area contributed by atoms with Crippen molar-refractivity contribution in [3.63, 3.8) is 0 Å². The van der Waals surface area contributed by atoms with E-state index in [-0.39, 0.29) is 16.9 Å². The summed E-state index contributed by atoms with van der Waals surface area (Å²) < 4.78 is 18.4. The van der Waals surface area contributed by atoms with Gasteiger partial charge in [0.25, 0.3) is 0 Å². The van der Waals surface area contributed by atoms with Crippen molar-refractivity contribution in [1.29, 1.82) is 10.5 Å². The number of ether oxygens (including phenoxy) is 1. The van der Waals surface area contributed by atoms with E-state index in [4.69, 9.17) is 10.5 Å². The number of hydrogen-bond acceptors (Lipinski definition) is 6. The van der Waals surface area contributed by atoms with Gasteiger partial charge < -0.3 is 10.5 Å². The zero-order valence-electron chi connectivity index (χ0n) is 15.2. The molecule has 2 unspecified atom stereocenters. The highest BCUT2D eigenvalue weighted by Crippen LogP contribution is 2.37. The Hall–Kier alpha value is -3.12. The number of nitrogens with zero attached hydrogens (tertiary/aromatic N) is 3. The van der Waals surface area contributed by atoms with Crippen LogP contribution in [0, 0.1) is 22.7 Å². The lowest BCUT2D eigenvalue weighted by Gasteiger charge is -2.14. The third-order valence-corrected chi connectivity index (χ3v) is 5.21. The highest BCUT2D eigenvalue weighted by molar-refractivity contribution is 7.98. The minimum absolute atomic E-state index is 0.0613. The van der Waals surface area contributed by atoms with Gasteiger partial charge in [0.15, 0.2) is 0 Å². The van der Waals surface area contributed by atoms with Crippen LogP contribution < -0.4 is 10.5 Å². The van der Waals surface area contributed by atoms with E-state index in [1.807, 2.05) is 51.7 Å². The maximum Gasteiger partial charge on any atom is 0.249 e. The van der Waals surface area contributed by atoms with Crippen molar-refractivity contribution in [2.45, 2.75) is 16.9 Å². The number of rotatable bonds is 6. The summed E-state index contributed by atoms with van der Waals surface area (Å²) in [5.74, 6) is 0.853. The lowest BCUT2D eigenvalue weighted by Crippen LogP contribution is -2.04. The minimum Gasteiger partial charge on any atom is -0.457 e. The Balaban J connectivity index is 2.03. The zero-order valence-corrected chi connectivity index (χ0v) is 17.1. The molecule has 5 nitrogen and oxygen atoms in total. The van der Waals surface area contributed by atoms with E-state index in [1.54, 1.807) is 12.1 Å². The number of pyridine rings is 1. The van der Waals surface area contributed by atoms with Crippen LogP contribution in [0.1, 0.15) is 16.7 Å². The van der Waals surface area contributed by atoms with Crippen molar-refractivity contribution in [3.8, 4) is 29.0 Å². The summed E-state index contributed by atoms with van der Waals surface area (Å²) in [4.78, 5) is 4.28. The highest BCUT2D eigenvalue weighted by Gasteiger charge is 2.20. The van der Waals surface area contributed by atoms with Gasteiger partial charge in [-0.1, -0.05) is 57.8 Å². The molecule has 0 aliphatic carbocycles. The van der Waals surface area contributed by atoms with Crippen LogP contribution in [0.3, 0.4) is 0 Å². The summed E-state index contributed by atoms with van der Waals surface area (Å²) in [5, 5.41) is 19.8. The Labute approximate surface area is 174 Å². The molecule has 0 amide bonds. The van der Waals surface area contributed by atoms with Crippen molar-refractivity contribution < 1.29 is 9.13 Å². The first-order chi connectivity index (χ1) is 14.0. The van der Waals surface area contributed by atoms with E-state index in [2.05, 4.69) is 17.1 Å². The topological polar surface area (TPSA) is 95.7 Å². The molecule has 2 N–H and O–H groups in total. The van der Waals surface area contributed by atoms with Gasteiger partial charge in [0, 0.05) is 16.9 Å². The second-order valence-corrected chi connectivity index (χ2v) is 7.37. The summed E-state index contributed by atoms with van der Waals surface area (Å²) in [6.07, 6.45) is -1.52. The molecule has 0 spiro atoms. The van der Waals surface area contributed by atoms with Crippen LogP contribution >= 0.6 is 21.0 Å². The summed E-state index contributed by atoms with van der Waals surface area (Å²) in [6, 6.07) is 20.4. The lowest BCUT2D eigenvalue weighted by atomic mass is 9.97. The molecule has 0 saturated carbocycles. The number of halogens is 1. The Bertz CT molecular complexity index is 1110. The van der Waals surface area contributed by atoms with Crippen LogP contribution in [0.5, 0.6) is 5.75 Å². The monoisotopic (exact) mass is 422 g/mol. The molecule has 2 atom stereocenters. The standard InChI is InChI=1S/C21H16FN4OPS/c22-21(28)27-17-9-5-4-8-14(17)12-29-20-16(11-24)18(13-6-2-1-3-7-13)15(10-23)19(25)26-20/h1-9,21H,12,28H2,(H2,25,26). The molecule has 3 rings (SSSR count). The van der Waals surface area contributed by atoms with Gasteiger partial charge in [-0.2, -0.15) is 14.9 Å². The molecule has 0 aliphatic heterocycles. The molecule has 0 fully saturated rings. The van der Waals surface area contributed by atoms with Gasteiger partial charge in [0.05, 0.1) is 5.56 Å². The first-order valence-corrected chi connectivity index (χ1v) is 10.2. The van der Waals surface area contributed by atoms with Crippen LogP contribution in [-0.4, -0.2) is 11.1 Å². The van der Waals surface area contributed by atoms with Crippen molar-refractivity contribution in [1.82, 2.24) is 4.98 Å². The molecular formula is C21H16FN4OPS. The molecule has 2 aromatic carbocycles. The molecule has 0 saturated heterocycles. The van der Waals surface area contributed by atoms with Crippen LogP contribution in [0.15, 0.2) is 59.6 Å². The lowest BCUT2D eigenvalue weighted by molar-refractivity contribution is 0.152. The predicted molar refractivity (Wildman–Crippen MR) is 115 cm³/mol. The predicted octanol–water partition coefficient (Wildman–Crippen LogP) is 4.87. The van der Waals surface area contributed by atoms with E-state index in [0.29, 0.717) is 27.7 Å². The second kappa shape index (κ2) is 9.39. The fourth-order valence-electron chi connectivity index (χ4n) is 2.80. The fraction of sp³-hybridized carbons (Fsp3) is 0.0952. The average Bonchev–Trinajstić information content (AvgIpc) is 2.72. The first kappa shape index (κ1) is 20.6. The Morgan fingerprint density at radius 3 is 2.38 bits per heavy atom. The summed E-state index contributed by atoms with van der Waals surface area (Å²) in [6.45, 7) is 0. The fourth-order valence-corrected chi connectivity index (χ4v) is 3.93. The van der Waals surface area contributed by atoms with Crippen molar-refractivity contribution in [2.24, 2.45) is 0 Å². The molecule has 1 aromatic heterocycles. The summed E-state index contributed by atoms with van der Waals surface area (Å²) in [7, 11) is 1.94. The number of hydrogen-bond donors (Lipinski definition) is 1. The van der Waals surface area contributed by atoms with Crippen LogP contribution in [-0.2, 0) is 5.75 Å². The smallest absolute Gasteiger partial charge is 0.249 e. The van der Waals surface area contributed by atoms with Crippen LogP contribution in [0.2, 0.25) is 0 Å². The number of anilines is 1. The Kier molecular flexibility index (Phi) is 6.67. The quantitative estimate of drug-likeness (QED) is 0.450. The second-order valence-electron chi connectivity index (χ2n) is 5.88. The molecule has 8 heteroatoms. The van der Waals surface area contributed by atoms with E-state index in [1.165, 1.54) is 11.8 Å². The number of nitrogen functional groups attached to an aromatic ring is 1. The number of benzene rings is 2. The maximum absolute atomic E-state index is 13.3. The van der Waals surface area contributed by atoms with Crippen molar-refractivity contribution >= 4 is 26.8 Å².